The predicted octanol–water partition coefficient (Wildman–Crippen LogP) is 3.90. The van der Waals surface area contributed by atoms with E-state index in [9.17, 15) is 31.9 Å². The molecular formula is C24H20F4N4O4. The van der Waals surface area contributed by atoms with Crippen LogP contribution in [0.5, 0.6) is 5.75 Å². The summed E-state index contributed by atoms with van der Waals surface area (Å²) in [6.07, 6.45) is -0.927. The number of benzene rings is 1. The maximum Gasteiger partial charge on any atom is 0.573 e. The van der Waals surface area contributed by atoms with E-state index in [1.54, 1.807) is 29.1 Å². The van der Waals surface area contributed by atoms with E-state index < -0.39 is 35.6 Å². The molecule has 0 bridgehead atoms. The van der Waals surface area contributed by atoms with Gasteiger partial charge >= 0.3 is 6.36 Å². The van der Waals surface area contributed by atoms with E-state index in [-0.39, 0.29) is 30.2 Å². The van der Waals surface area contributed by atoms with Gasteiger partial charge in [-0.1, -0.05) is 6.07 Å². The molecule has 2 amide bonds. The molecule has 1 saturated heterocycles. The second-order valence-corrected chi connectivity index (χ2v) is 8.87. The average molecular weight is 504 g/mol. The van der Waals surface area contributed by atoms with E-state index in [0.717, 1.165) is 24.6 Å². The van der Waals surface area contributed by atoms with E-state index in [2.05, 4.69) is 15.0 Å². The summed E-state index contributed by atoms with van der Waals surface area (Å²) < 4.78 is 57.3. The van der Waals surface area contributed by atoms with Crippen molar-refractivity contribution in [3.8, 4) is 5.75 Å². The Kier molecular flexibility index (Phi) is 5.68. The Balaban J connectivity index is 1.35. The first kappa shape index (κ1) is 23.8. The lowest BCUT2D eigenvalue weighted by Gasteiger charge is -2.27. The third-order valence-electron chi connectivity index (χ3n) is 6.46. The van der Waals surface area contributed by atoms with Gasteiger partial charge in [-0.05, 0) is 49.9 Å². The number of nitrogens with zero attached hydrogens (tertiary/aromatic N) is 3. The number of likely N-dealkylation sites (tertiary alicyclic amines) is 1. The molecule has 2 fully saturated rings. The van der Waals surface area contributed by atoms with E-state index >= 15 is 0 Å². The van der Waals surface area contributed by atoms with Crippen molar-refractivity contribution in [1.82, 2.24) is 14.5 Å². The molecule has 0 unspecified atom stereocenters. The Bertz CT molecular complexity index is 1390. The number of ketones is 1. The second-order valence-electron chi connectivity index (χ2n) is 8.87. The number of rotatable bonds is 6. The molecule has 0 spiro atoms. The lowest BCUT2D eigenvalue weighted by atomic mass is 10.1. The van der Waals surface area contributed by atoms with Crippen molar-refractivity contribution >= 4 is 34.3 Å². The molecular weight excluding hydrogens is 484 g/mol. The average Bonchev–Trinajstić information content (AvgIpc) is 3.31. The molecule has 1 aromatic carbocycles. The first-order valence-electron chi connectivity index (χ1n) is 11.1. The Labute approximate surface area is 201 Å². The number of carbonyl (C=O) groups is 3. The molecule has 3 atom stereocenters. The van der Waals surface area contributed by atoms with Crippen LogP contribution in [0.1, 0.15) is 30.1 Å². The highest BCUT2D eigenvalue weighted by atomic mass is 19.4. The summed E-state index contributed by atoms with van der Waals surface area (Å²) in [5.41, 5.74) is 0.385. The number of piperidine rings is 1. The molecule has 5 rings (SSSR count). The van der Waals surface area contributed by atoms with E-state index in [4.69, 9.17) is 0 Å². The van der Waals surface area contributed by atoms with E-state index in [0.29, 0.717) is 23.0 Å². The topological polar surface area (TPSA) is 93.5 Å². The monoisotopic (exact) mass is 504 g/mol. The maximum atomic E-state index is 14.5. The minimum absolute atomic E-state index is 0.113. The number of nitrogens with one attached hydrogen (secondary N) is 1. The smallest absolute Gasteiger partial charge is 0.403 e. The number of pyridine rings is 1. The third kappa shape index (κ3) is 4.38. The molecule has 12 heteroatoms. The van der Waals surface area contributed by atoms with Crippen LogP contribution in [0.15, 0.2) is 42.7 Å². The number of alkyl halides is 3. The van der Waals surface area contributed by atoms with Gasteiger partial charge in [-0.15, -0.1) is 13.2 Å². The number of hydrogen-bond acceptors (Lipinski definition) is 5. The fraction of sp³-hybridized carbons (Fsp3) is 0.333. The highest BCUT2D eigenvalue weighted by Gasteiger charge is 2.56. The molecule has 8 nitrogen and oxygen atoms in total. The number of Topliss-reactive ketones (excluding diaryl/α,β-unsaturated/α-hetero) is 1. The van der Waals surface area contributed by atoms with Gasteiger partial charge in [-0.3, -0.25) is 14.4 Å². The van der Waals surface area contributed by atoms with Gasteiger partial charge in [0.25, 0.3) is 0 Å². The van der Waals surface area contributed by atoms with Crippen molar-refractivity contribution in [2.45, 2.75) is 44.8 Å². The Morgan fingerprint density at radius 2 is 1.94 bits per heavy atom. The molecule has 3 heterocycles. The van der Waals surface area contributed by atoms with Gasteiger partial charge in [0.15, 0.2) is 17.3 Å². The molecule has 1 N–H and O–H groups in total. The van der Waals surface area contributed by atoms with Crippen LogP contribution in [-0.4, -0.2) is 50.5 Å². The Hall–Kier alpha value is -3.96. The van der Waals surface area contributed by atoms with Gasteiger partial charge in [0, 0.05) is 29.4 Å². The number of fused-ring (bicyclic) bond motifs is 2. The first-order valence-corrected chi connectivity index (χ1v) is 11.1. The third-order valence-corrected chi connectivity index (χ3v) is 6.46. The van der Waals surface area contributed by atoms with Crippen molar-refractivity contribution in [2.24, 2.45) is 5.92 Å². The summed E-state index contributed by atoms with van der Waals surface area (Å²) in [5, 5.41) is 2.90. The van der Waals surface area contributed by atoms with Crippen LogP contribution in [0.25, 0.3) is 11.0 Å². The number of halogens is 4. The minimum atomic E-state index is -5.10. The van der Waals surface area contributed by atoms with Crippen molar-refractivity contribution in [1.29, 1.82) is 0 Å². The van der Waals surface area contributed by atoms with Crippen molar-refractivity contribution < 1.29 is 36.7 Å². The zero-order valence-corrected chi connectivity index (χ0v) is 18.9. The minimum Gasteiger partial charge on any atom is -0.403 e. The van der Waals surface area contributed by atoms with Crippen LogP contribution in [0.4, 0.5) is 23.2 Å². The zero-order chi connectivity index (χ0) is 25.8. The lowest BCUT2D eigenvalue weighted by Crippen LogP contribution is -2.46. The summed E-state index contributed by atoms with van der Waals surface area (Å²) in [6.45, 7) is 1.24. The van der Waals surface area contributed by atoms with Gasteiger partial charge in [-0.2, -0.15) is 0 Å². The number of hydrogen-bond donors (Lipinski definition) is 1. The van der Waals surface area contributed by atoms with E-state index in [1.165, 1.54) is 11.8 Å². The number of carbonyl (C=O) groups excluding carboxylic acids is 3. The number of ether oxygens (including phenoxy) is 1. The SMILES string of the molecule is CC(=O)c1cn(CC(=O)N2[C@@H]3C[C@@H]3C[C@H]2C(=O)Nc2cccc(OC(F)(F)F)c2F)c2ncccc12. The Morgan fingerprint density at radius 1 is 1.17 bits per heavy atom. The van der Waals surface area contributed by atoms with Crippen LogP contribution >= 0.6 is 0 Å². The fourth-order valence-corrected chi connectivity index (χ4v) is 4.83. The van der Waals surface area contributed by atoms with Gasteiger partial charge in [-0.25, -0.2) is 9.37 Å². The summed E-state index contributed by atoms with van der Waals surface area (Å²) >= 11 is 0. The molecule has 2 aromatic heterocycles. The number of anilines is 1. The highest BCUT2D eigenvalue weighted by molar-refractivity contribution is 6.06. The van der Waals surface area contributed by atoms with Crippen molar-refractivity contribution in [2.75, 3.05) is 5.32 Å². The summed E-state index contributed by atoms with van der Waals surface area (Å²) in [6, 6.07) is 5.36. The largest absolute Gasteiger partial charge is 0.573 e. The molecule has 0 radical (unpaired) electrons. The van der Waals surface area contributed by atoms with Gasteiger partial charge in [0.2, 0.25) is 11.8 Å². The van der Waals surface area contributed by atoms with Gasteiger partial charge < -0.3 is 19.5 Å². The second kappa shape index (κ2) is 8.61. The normalized spacial score (nSPS) is 20.8. The quantitative estimate of drug-likeness (QED) is 0.406. The molecule has 1 aliphatic heterocycles. The van der Waals surface area contributed by atoms with Crippen LogP contribution in [0, 0.1) is 11.7 Å². The lowest BCUT2D eigenvalue weighted by molar-refractivity contribution is -0.275. The summed E-state index contributed by atoms with van der Waals surface area (Å²) in [4.78, 5) is 44.1. The van der Waals surface area contributed by atoms with Crippen LogP contribution in [0.2, 0.25) is 0 Å². The molecule has 1 aliphatic carbocycles. The molecule has 2 aliphatic rings. The van der Waals surface area contributed by atoms with Crippen LogP contribution in [-0.2, 0) is 16.1 Å². The predicted molar refractivity (Wildman–Crippen MR) is 119 cm³/mol. The van der Waals surface area contributed by atoms with Crippen LogP contribution in [0.3, 0.4) is 0 Å². The number of amides is 2. The van der Waals surface area contributed by atoms with Crippen LogP contribution < -0.4 is 10.1 Å². The standard InChI is InChI=1S/C24H20F4N4O4/c1-12(33)15-10-31(22-14(15)4-3-7-29-22)11-20(34)32-17-8-13(17)9-18(32)23(35)30-16-5-2-6-19(21(16)25)36-24(26,27)28/h2-7,10,13,17-18H,8-9,11H2,1H3,(H,30,35)/t13-,17-,18+/m1/s1. The fourth-order valence-electron chi connectivity index (χ4n) is 4.83. The molecule has 1 saturated carbocycles. The number of aromatic nitrogens is 2. The summed E-state index contributed by atoms with van der Waals surface area (Å²) in [7, 11) is 0. The Morgan fingerprint density at radius 3 is 2.67 bits per heavy atom. The first-order chi connectivity index (χ1) is 17.0. The zero-order valence-electron chi connectivity index (χ0n) is 18.9. The van der Waals surface area contributed by atoms with E-state index in [1.807, 2.05) is 0 Å². The van der Waals surface area contributed by atoms with Crippen molar-refractivity contribution in [3.05, 3.63) is 54.1 Å². The highest BCUT2D eigenvalue weighted by Crippen LogP contribution is 2.48. The van der Waals surface area contributed by atoms with Crippen molar-refractivity contribution in [3.63, 3.8) is 0 Å². The summed E-state index contributed by atoms with van der Waals surface area (Å²) in [5.74, 6) is -3.60. The van der Waals surface area contributed by atoms with Gasteiger partial charge in [0.05, 0.1) is 5.69 Å². The molecule has 3 aromatic rings. The maximum absolute atomic E-state index is 14.5. The molecule has 188 valence electrons. The van der Waals surface area contributed by atoms with Gasteiger partial charge in [0.1, 0.15) is 18.2 Å². The molecule has 36 heavy (non-hydrogen) atoms.